The molecule has 0 bridgehead atoms. The van der Waals surface area contributed by atoms with Crippen LogP contribution in [0.25, 0.3) is 0 Å². The highest BCUT2D eigenvalue weighted by Gasteiger charge is 2.25. The summed E-state index contributed by atoms with van der Waals surface area (Å²) >= 11 is 5.93. The molecule has 0 radical (unpaired) electrons. The lowest BCUT2D eigenvalue weighted by Gasteiger charge is -2.19. The van der Waals surface area contributed by atoms with Gasteiger partial charge in [-0.15, -0.1) is 0 Å². The molecule has 0 aliphatic heterocycles. The number of rotatable bonds is 5. The largest absolute Gasteiger partial charge is 0.295 e. The van der Waals surface area contributed by atoms with Crippen LogP contribution < -0.4 is 0 Å². The smallest absolute Gasteiger partial charge is 0.244 e. The van der Waals surface area contributed by atoms with Crippen molar-refractivity contribution in [1.29, 1.82) is 0 Å². The Balaban J connectivity index is 3.40. The second-order valence-electron chi connectivity index (χ2n) is 3.79. The van der Waals surface area contributed by atoms with Crippen LogP contribution in [0.3, 0.4) is 0 Å². The van der Waals surface area contributed by atoms with Crippen LogP contribution in [-0.2, 0) is 10.0 Å². The lowest BCUT2D eigenvalue weighted by Crippen LogP contribution is -2.30. The Morgan fingerprint density at radius 1 is 1.28 bits per heavy atom. The second-order valence-corrected chi connectivity index (χ2v) is 6.10. The fourth-order valence-corrected chi connectivity index (χ4v) is 3.58. The molecule has 0 heterocycles. The lowest BCUT2D eigenvalue weighted by atomic mass is 10.1. The Morgan fingerprint density at radius 2 is 1.83 bits per heavy atom. The molecule has 1 rings (SSSR count). The molecule has 1 aromatic carbocycles. The third kappa shape index (κ3) is 2.91. The molecule has 0 fully saturated rings. The van der Waals surface area contributed by atoms with E-state index in [0.717, 1.165) is 0 Å². The minimum Gasteiger partial charge on any atom is -0.295 e. The van der Waals surface area contributed by atoms with Crippen LogP contribution in [0.1, 0.15) is 31.1 Å². The summed E-state index contributed by atoms with van der Waals surface area (Å²) in [6.45, 7) is 5.61. The highest BCUT2D eigenvalue weighted by Crippen LogP contribution is 2.25. The first-order chi connectivity index (χ1) is 8.34. The summed E-state index contributed by atoms with van der Waals surface area (Å²) in [6.07, 6.45) is 0. The molecule has 0 atom stereocenters. The van der Waals surface area contributed by atoms with E-state index in [9.17, 15) is 13.2 Å². The molecule has 1 aromatic rings. The predicted molar refractivity (Wildman–Crippen MR) is 71.6 cm³/mol. The summed E-state index contributed by atoms with van der Waals surface area (Å²) in [4.78, 5) is 11.3. The summed E-state index contributed by atoms with van der Waals surface area (Å²) in [5.74, 6) is -0.192. The van der Waals surface area contributed by atoms with Gasteiger partial charge in [-0.05, 0) is 25.1 Å². The zero-order chi connectivity index (χ0) is 13.9. The van der Waals surface area contributed by atoms with Crippen molar-refractivity contribution < 1.29 is 13.2 Å². The van der Waals surface area contributed by atoms with Crippen molar-refractivity contribution in [1.82, 2.24) is 4.31 Å². The summed E-state index contributed by atoms with van der Waals surface area (Å²) < 4.78 is 25.9. The maximum atomic E-state index is 12.3. The van der Waals surface area contributed by atoms with E-state index in [4.69, 9.17) is 11.6 Å². The minimum absolute atomic E-state index is 0.0134. The van der Waals surface area contributed by atoms with Gasteiger partial charge in [0, 0.05) is 18.7 Å². The van der Waals surface area contributed by atoms with Crippen LogP contribution in [0, 0.1) is 0 Å². The number of ketones is 1. The Labute approximate surface area is 113 Å². The molecule has 0 aromatic heterocycles. The first kappa shape index (κ1) is 15.1. The zero-order valence-electron chi connectivity index (χ0n) is 10.6. The van der Waals surface area contributed by atoms with Gasteiger partial charge in [-0.1, -0.05) is 25.4 Å². The quantitative estimate of drug-likeness (QED) is 0.783. The number of Topliss-reactive ketones (excluding diaryl/α,β-unsaturated/α-hetero) is 1. The number of sulfonamides is 1. The van der Waals surface area contributed by atoms with Gasteiger partial charge in [-0.3, -0.25) is 4.79 Å². The van der Waals surface area contributed by atoms with Crippen molar-refractivity contribution in [2.75, 3.05) is 13.1 Å². The standard InChI is InChI=1S/C12H16ClNO3S/c1-4-14(5-2)18(16,17)12-8-10(9(3)15)6-7-11(12)13/h6-8H,4-5H2,1-3H3. The SMILES string of the molecule is CCN(CC)S(=O)(=O)c1cc(C(C)=O)ccc1Cl. The van der Waals surface area contributed by atoms with Gasteiger partial charge in [0.2, 0.25) is 10.0 Å². The van der Waals surface area contributed by atoms with Gasteiger partial charge < -0.3 is 0 Å². The van der Waals surface area contributed by atoms with Gasteiger partial charge in [0.25, 0.3) is 0 Å². The third-order valence-corrected chi connectivity index (χ3v) is 5.19. The van der Waals surface area contributed by atoms with E-state index in [0.29, 0.717) is 18.7 Å². The van der Waals surface area contributed by atoms with E-state index in [2.05, 4.69) is 0 Å². The predicted octanol–water partition coefficient (Wildman–Crippen LogP) is 2.57. The third-order valence-electron chi connectivity index (χ3n) is 2.66. The van der Waals surface area contributed by atoms with Crippen LogP contribution in [0.2, 0.25) is 5.02 Å². The van der Waals surface area contributed by atoms with Crippen molar-refractivity contribution in [3.8, 4) is 0 Å². The molecule has 0 spiro atoms. The molecular formula is C12H16ClNO3S. The van der Waals surface area contributed by atoms with Crippen molar-refractivity contribution in [2.45, 2.75) is 25.7 Å². The molecule has 0 N–H and O–H groups in total. The monoisotopic (exact) mass is 289 g/mol. The Bertz CT molecular complexity index is 550. The average molecular weight is 290 g/mol. The fourth-order valence-electron chi connectivity index (χ4n) is 1.62. The highest BCUT2D eigenvalue weighted by molar-refractivity contribution is 7.89. The van der Waals surface area contributed by atoms with E-state index in [1.165, 1.54) is 29.4 Å². The van der Waals surface area contributed by atoms with Crippen molar-refractivity contribution in [2.24, 2.45) is 0 Å². The van der Waals surface area contributed by atoms with Gasteiger partial charge in [0.05, 0.1) is 5.02 Å². The Morgan fingerprint density at radius 3 is 2.28 bits per heavy atom. The lowest BCUT2D eigenvalue weighted by molar-refractivity contribution is 0.101. The summed E-state index contributed by atoms with van der Waals surface area (Å²) in [5, 5.41) is 0.131. The van der Waals surface area contributed by atoms with Gasteiger partial charge >= 0.3 is 0 Å². The molecule has 0 saturated carbocycles. The fraction of sp³-hybridized carbons (Fsp3) is 0.417. The van der Waals surface area contributed by atoms with Gasteiger partial charge in [-0.25, -0.2) is 8.42 Å². The van der Waals surface area contributed by atoms with Gasteiger partial charge in [0.15, 0.2) is 5.78 Å². The second kappa shape index (κ2) is 5.82. The molecule has 4 nitrogen and oxygen atoms in total. The van der Waals surface area contributed by atoms with Crippen LogP contribution >= 0.6 is 11.6 Å². The number of hydrogen-bond acceptors (Lipinski definition) is 3. The summed E-state index contributed by atoms with van der Waals surface area (Å²) in [7, 11) is -3.64. The topological polar surface area (TPSA) is 54.5 Å². The molecule has 0 unspecified atom stereocenters. The van der Waals surface area contributed by atoms with Crippen molar-refractivity contribution in [3.05, 3.63) is 28.8 Å². The molecule has 0 amide bonds. The minimum atomic E-state index is -3.64. The van der Waals surface area contributed by atoms with E-state index in [1.807, 2.05) is 0 Å². The molecule has 0 aliphatic rings. The highest BCUT2D eigenvalue weighted by atomic mass is 35.5. The van der Waals surface area contributed by atoms with Gasteiger partial charge in [-0.2, -0.15) is 4.31 Å². The van der Waals surface area contributed by atoms with E-state index in [-0.39, 0.29) is 15.7 Å². The maximum Gasteiger partial charge on any atom is 0.244 e. The maximum absolute atomic E-state index is 12.3. The van der Waals surface area contributed by atoms with Crippen LogP contribution in [-0.4, -0.2) is 31.6 Å². The Hall–Kier alpha value is -0.910. The molecule has 0 saturated heterocycles. The summed E-state index contributed by atoms with van der Waals surface area (Å²) in [5.41, 5.74) is 0.338. The number of benzene rings is 1. The summed E-state index contributed by atoms with van der Waals surface area (Å²) in [6, 6.07) is 4.29. The number of nitrogens with zero attached hydrogens (tertiary/aromatic N) is 1. The van der Waals surface area contributed by atoms with Crippen LogP contribution in [0.5, 0.6) is 0 Å². The molecule has 18 heavy (non-hydrogen) atoms. The number of halogens is 1. The molecule has 0 aliphatic carbocycles. The first-order valence-corrected chi connectivity index (χ1v) is 7.47. The normalized spacial score (nSPS) is 11.8. The van der Waals surface area contributed by atoms with Crippen LogP contribution in [0.4, 0.5) is 0 Å². The average Bonchev–Trinajstić information content (AvgIpc) is 2.30. The molecule has 6 heteroatoms. The number of hydrogen-bond donors (Lipinski definition) is 0. The number of carbonyl (C=O) groups is 1. The van der Waals surface area contributed by atoms with Crippen molar-refractivity contribution >= 4 is 27.4 Å². The number of carbonyl (C=O) groups excluding carboxylic acids is 1. The van der Waals surface area contributed by atoms with Gasteiger partial charge in [0.1, 0.15) is 4.90 Å². The first-order valence-electron chi connectivity index (χ1n) is 5.65. The van der Waals surface area contributed by atoms with Crippen molar-refractivity contribution in [3.63, 3.8) is 0 Å². The Kier molecular flexibility index (Phi) is 4.90. The molecule has 100 valence electrons. The molecular weight excluding hydrogens is 274 g/mol. The van der Waals surface area contributed by atoms with E-state index < -0.39 is 10.0 Å². The van der Waals surface area contributed by atoms with E-state index in [1.54, 1.807) is 13.8 Å². The zero-order valence-corrected chi connectivity index (χ0v) is 12.2. The van der Waals surface area contributed by atoms with E-state index >= 15 is 0 Å². The van der Waals surface area contributed by atoms with Crippen LogP contribution in [0.15, 0.2) is 23.1 Å².